The standard InChI is InChI=1S/C15H13ClN4S/c1-21-13-8-2-10(3-9-13)14-18-15(17)19-20(14)12-6-4-11(16)5-7-12/h2-9H,1H3,(H2,17,19). The van der Waals surface area contributed by atoms with Crippen molar-refractivity contribution in [3.63, 3.8) is 0 Å². The molecular formula is C15H13ClN4S. The normalized spacial score (nSPS) is 10.8. The van der Waals surface area contributed by atoms with Gasteiger partial charge in [-0.15, -0.1) is 16.9 Å². The lowest BCUT2D eigenvalue weighted by Gasteiger charge is -2.06. The van der Waals surface area contributed by atoms with Crippen LogP contribution in [0.1, 0.15) is 0 Å². The van der Waals surface area contributed by atoms with Crippen LogP contribution in [0.3, 0.4) is 0 Å². The number of aromatic nitrogens is 3. The van der Waals surface area contributed by atoms with Crippen LogP contribution in [0.4, 0.5) is 5.95 Å². The number of anilines is 1. The van der Waals surface area contributed by atoms with Crippen LogP contribution in [-0.2, 0) is 0 Å². The SMILES string of the molecule is CSc1ccc(-c2nc(N)nn2-c2ccc(Cl)cc2)cc1. The molecule has 0 amide bonds. The van der Waals surface area contributed by atoms with E-state index in [1.807, 2.05) is 42.7 Å². The zero-order valence-corrected chi connectivity index (χ0v) is 12.9. The first-order valence-corrected chi connectivity index (χ1v) is 7.90. The van der Waals surface area contributed by atoms with Gasteiger partial charge in [0.2, 0.25) is 5.95 Å². The summed E-state index contributed by atoms with van der Waals surface area (Å²) in [6.45, 7) is 0. The van der Waals surface area contributed by atoms with E-state index in [1.165, 1.54) is 4.90 Å². The van der Waals surface area contributed by atoms with Crippen molar-refractivity contribution in [2.75, 3.05) is 12.0 Å². The van der Waals surface area contributed by atoms with Crippen molar-refractivity contribution >= 4 is 29.3 Å². The molecule has 0 aliphatic carbocycles. The lowest BCUT2D eigenvalue weighted by Crippen LogP contribution is -1.99. The third kappa shape index (κ3) is 2.89. The second-order valence-electron chi connectivity index (χ2n) is 4.41. The second-order valence-corrected chi connectivity index (χ2v) is 5.73. The Kier molecular flexibility index (Phi) is 3.86. The van der Waals surface area contributed by atoms with E-state index in [1.54, 1.807) is 16.4 Å². The quantitative estimate of drug-likeness (QED) is 0.745. The van der Waals surface area contributed by atoms with Crippen molar-refractivity contribution in [1.29, 1.82) is 0 Å². The highest BCUT2D eigenvalue weighted by Gasteiger charge is 2.12. The molecule has 0 bridgehead atoms. The first-order valence-electron chi connectivity index (χ1n) is 6.30. The molecule has 0 atom stereocenters. The Morgan fingerprint density at radius 2 is 1.71 bits per heavy atom. The highest BCUT2D eigenvalue weighted by Crippen LogP contribution is 2.25. The molecule has 0 aliphatic heterocycles. The third-order valence-electron chi connectivity index (χ3n) is 3.04. The number of hydrogen-bond acceptors (Lipinski definition) is 4. The minimum absolute atomic E-state index is 0.244. The van der Waals surface area contributed by atoms with Crippen molar-refractivity contribution in [2.45, 2.75) is 4.90 Å². The van der Waals surface area contributed by atoms with Gasteiger partial charge in [0.25, 0.3) is 0 Å². The van der Waals surface area contributed by atoms with Crippen LogP contribution in [0.5, 0.6) is 0 Å². The number of nitrogens with two attached hydrogens (primary N) is 1. The van der Waals surface area contributed by atoms with Gasteiger partial charge in [-0.3, -0.25) is 0 Å². The molecule has 106 valence electrons. The maximum Gasteiger partial charge on any atom is 0.240 e. The molecule has 0 saturated heterocycles. The number of halogens is 1. The van der Waals surface area contributed by atoms with Gasteiger partial charge in [-0.1, -0.05) is 23.7 Å². The minimum atomic E-state index is 0.244. The van der Waals surface area contributed by atoms with E-state index in [4.69, 9.17) is 17.3 Å². The number of benzene rings is 2. The lowest BCUT2D eigenvalue weighted by molar-refractivity contribution is 0.892. The van der Waals surface area contributed by atoms with E-state index in [0.717, 1.165) is 11.3 Å². The van der Waals surface area contributed by atoms with Crippen molar-refractivity contribution in [2.24, 2.45) is 0 Å². The molecule has 2 aromatic carbocycles. The van der Waals surface area contributed by atoms with Gasteiger partial charge in [-0.05, 0) is 42.7 Å². The topological polar surface area (TPSA) is 56.7 Å². The van der Waals surface area contributed by atoms with Crippen molar-refractivity contribution in [1.82, 2.24) is 14.8 Å². The molecule has 21 heavy (non-hydrogen) atoms. The first-order chi connectivity index (χ1) is 10.2. The van der Waals surface area contributed by atoms with Crippen molar-refractivity contribution in [3.05, 3.63) is 53.6 Å². The van der Waals surface area contributed by atoms with Gasteiger partial charge in [-0.25, -0.2) is 4.68 Å². The molecule has 1 aromatic heterocycles. The molecule has 2 N–H and O–H groups in total. The maximum atomic E-state index is 5.92. The molecule has 0 aliphatic rings. The molecule has 1 heterocycles. The Morgan fingerprint density at radius 1 is 1.05 bits per heavy atom. The predicted molar refractivity (Wildman–Crippen MR) is 88.0 cm³/mol. The van der Waals surface area contributed by atoms with E-state index < -0.39 is 0 Å². The molecule has 0 spiro atoms. The average molecular weight is 317 g/mol. The molecule has 0 unspecified atom stereocenters. The van der Waals surface area contributed by atoms with Crippen molar-refractivity contribution < 1.29 is 0 Å². The van der Waals surface area contributed by atoms with Gasteiger partial charge in [0.15, 0.2) is 5.82 Å². The summed E-state index contributed by atoms with van der Waals surface area (Å²) in [5, 5.41) is 4.94. The number of hydrogen-bond donors (Lipinski definition) is 1. The zero-order valence-electron chi connectivity index (χ0n) is 11.3. The summed E-state index contributed by atoms with van der Waals surface area (Å²) >= 11 is 7.62. The zero-order chi connectivity index (χ0) is 14.8. The Bertz CT molecular complexity index is 750. The summed E-state index contributed by atoms with van der Waals surface area (Å²) in [6.07, 6.45) is 2.04. The van der Waals surface area contributed by atoms with Gasteiger partial charge in [0, 0.05) is 15.5 Å². The minimum Gasteiger partial charge on any atom is -0.366 e. The first kappa shape index (κ1) is 14.0. The van der Waals surface area contributed by atoms with Crippen LogP contribution in [-0.4, -0.2) is 21.0 Å². The number of nitrogens with zero attached hydrogens (tertiary/aromatic N) is 3. The van der Waals surface area contributed by atoms with Crippen LogP contribution in [0, 0.1) is 0 Å². The summed E-state index contributed by atoms with van der Waals surface area (Å²) in [7, 11) is 0. The Morgan fingerprint density at radius 3 is 2.33 bits per heavy atom. The van der Waals surface area contributed by atoms with Crippen LogP contribution in [0.15, 0.2) is 53.4 Å². The van der Waals surface area contributed by atoms with Crippen LogP contribution in [0.25, 0.3) is 17.1 Å². The number of thioether (sulfide) groups is 1. The van der Waals surface area contributed by atoms with Crippen LogP contribution in [0.2, 0.25) is 5.02 Å². The molecule has 4 nitrogen and oxygen atoms in total. The highest BCUT2D eigenvalue weighted by atomic mass is 35.5. The predicted octanol–water partition coefficient (Wildman–Crippen LogP) is 3.89. The Labute approximate surface area is 132 Å². The van der Waals surface area contributed by atoms with Crippen molar-refractivity contribution in [3.8, 4) is 17.1 Å². The summed E-state index contributed by atoms with van der Waals surface area (Å²) in [5.74, 6) is 0.955. The fourth-order valence-corrected chi connectivity index (χ4v) is 2.55. The molecule has 3 aromatic rings. The van der Waals surface area contributed by atoms with Gasteiger partial charge in [0.05, 0.1) is 5.69 Å². The van der Waals surface area contributed by atoms with Gasteiger partial charge < -0.3 is 5.73 Å². The van der Waals surface area contributed by atoms with Crippen LogP contribution < -0.4 is 5.73 Å². The summed E-state index contributed by atoms with van der Waals surface area (Å²) in [4.78, 5) is 5.52. The Hall–Kier alpha value is -1.98. The van der Waals surface area contributed by atoms with E-state index in [-0.39, 0.29) is 5.95 Å². The summed E-state index contributed by atoms with van der Waals surface area (Å²) < 4.78 is 1.72. The molecule has 0 saturated carbocycles. The molecule has 0 fully saturated rings. The molecule has 6 heteroatoms. The van der Waals surface area contributed by atoms with E-state index in [0.29, 0.717) is 10.8 Å². The summed E-state index contributed by atoms with van der Waals surface area (Å²) in [6, 6.07) is 15.5. The Balaban J connectivity index is 2.08. The summed E-state index contributed by atoms with van der Waals surface area (Å²) in [5.41, 5.74) is 7.60. The van der Waals surface area contributed by atoms with E-state index in [2.05, 4.69) is 22.2 Å². The smallest absolute Gasteiger partial charge is 0.240 e. The largest absolute Gasteiger partial charge is 0.366 e. The van der Waals surface area contributed by atoms with Gasteiger partial charge in [0.1, 0.15) is 0 Å². The number of rotatable bonds is 3. The molecule has 3 rings (SSSR count). The van der Waals surface area contributed by atoms with E-state index >= 15 is 0 Å². The average Bonchev–Trinajstić information content (AvgIpc) is 2.90. The highest BCUT2D eigenvalue weighted by molar-refractivity contribution is 7.98. The maximum absolute atomic E-state index is 5.92. The third-order valence-corrected chi connectivity index (χ3v) is 4.04. The monoisotopic (exact) mass is 316 g/mol. The fourth-order valence-electron chi connectivity index (χ4n) is 2.02. The van der Waals surface area contributed by atoms with Crippen LogP contribution >= 0.6 is 23.4 Å². The van der Waals surface area contributed by atoms with Gasteiger partial charge >= 0.3 is 0 Å². The second kappa shape index (κ2) is 5.79. The van der Waals surface area contributed by atoms with Gasteiger partial charge in [-0.2, -0.15) is 4.98 Å². The fraction of sp³-hybridized carbons (Fsp3) is 0.0667. The molecule has 0 radical (unpaired) electrons. The number of nitrogen functional groups attached to an aromatic ring is 1. The molecular weight excluding hydrogens is 304 g/mol. The van der Waals surface area contributed by atoms with E-state index in [9.17, 15) is 0 Å². The lowest BCUT2D eigenvalue weighted by atomic mass is 10.2.